The highest BCUT2D eigenvalue weighted by Gasteiger charge is 2.48. The Balaban J connectivity index is 1.63. The van der Waals surface area contributed by atoms with E-state index in [9.17, 15) is 5.11 Å². The minimum Gasteiger partial charge on any atom is -0.389 e. The zero-order valence-electron chi connectivity index (χ0n) is 12.9. The molecule has 0 aromatic rings. The van der Waals surface area contributed by atoms with Crippen LogP contribution in [0.2, 0.25) is 0 Å². The largest absolute Gasteiger partial charge is 0.389 e. The van der Waals surface area contributed by atoms with E-state index in [2.05, 4.69) is 18.7 Å². The van der Waals surface area contributed by atoms with E-state index in [0.717, 1.165) is 65.0 Å². The number of rotatable bonds is 2. The maximum atomic E-state index is 11.1. The molecule has 3 saturated heterocycles. The second-order valence-corrected chi connectivity index (χ2v) is 7.26. The third-order valence-electron chi connectivity index (χ3n) is 5.71. The number of hydrogen-bond donors (Lipinski definition) is 1. The monoisotopic (exact) mass is 283 g/mol. The van der Waals surface area contributed by atoms with Gasteiger partial charge in [-0.05, 0) is 45.4 Å². The van der Waals surface area contributed by atoms with Gasteiger partial charge in [0.2, 0.25) is 0 Å². The average Bonchev–Trinajstić information content (AvgIpc) is 2.87. The topological polar surface area (TPSA) is 41.9 Å². The lowest BCUT2D eigenvalue weighted by Gasteiger charge is -2.48. The highest BCUT2D eigenvalue weighted by atomic mass is 16.6. The van der Waals surface area contributed by atoms with Gasteiger partial charge in [0.1, 0.15) is 0 Å². The molecule has 2 atom stereocenters. The summed E-state index contributed by atoms with van der Waals surface area (Å²) in [6.45, 7) is 8.84. The summed E-state index contributed by atoms with van der Waals surface area (Å²) in [5, 5.41) is 11.1. The maximum absolute atomic E-state index is 11.1. The van der Waals surface area contributed by atoms with Gasteiger partial charge >= 0.3 is 0 Å². The Bertz CT molecular complexity index is 331. The number of nitrogens with zero attached hydrogens (tertiary/aromatic N) is 1. The molecule has 3 aliphatic rings. The molecule has 0 bridgehead atoms. The Kier molecular flexibility index (Phi) is 4.10. The van der Waals surface area contributed by atoms with Gasteiger partial charge in [-0.15, -0.1) is 0 Å². The SMILES string of the molecule is CC(C)N1CCC(O)(C2CCOC3(CCOC3)C2)CC1. The smallest absolute Gasteiger partial charge is 0.0940 e. The number of aliphatic hydroxyl groups is 1. The summed E-state index contributed by atoms with van der Waals surface area (Å²) in [6.07, 6.45) is 4.79. The normalized spacial score (nSPS) is 38.7. The first-order valence-corrected chi connectivity index (χ1v) is 8.21. The molecular weight excluding hydrogens is 254 g/mol. The predicted octanol–water partition coefficient (Wildman–Crippen LogP) is 1.81. The van der Waals surface area contributed by atoms with Gasteiger partial charge in [0.25, 0.3) is 0 Å². The second-order valence-electron chi connectivity index (χ2n) is 7.26. The fraction of sp³-hybridized carbons (Fsp3) is 1.00. The van der Waals surface area contributed by atoms with E-state index < -0.39 is 5.60 Å². The van der Waals surface area contributed by atoms with Crippen molar-refractivity contribution in [2.24, 2.45) is 5.92 Å². The first kappa shape index (κ1) is 14.8. The minimum absolute atomic E-state index is 0.0895. The van der Waals surface area contributed by atoms with Gasteiger partial charge in [-0.2, -0.15) is 0 Å². The molecule has 3 heterocycles. The second kappa shape index (κ2) is 5.56. The van der Waals surface area contributed by atoms with Gasteiger partial charge in [0.15, 0.2) is 0 Å². The van der Waals surface area contributed by atoms with Crippen LogP contribution in [0.15, 0.2) is 0 Å². The number of piperidine rings is 1. The van der Waals surface area contributed by atoms with E-state index >= 15 is 0 Å². The Morgan fingerprint density at radius 3 is 2.50 bits per heavy atom. The molecule has 0 aromatic heterocycles. The summed E-state index contributed by atoms with van der Waals surface area (Å²) in [4.78, 5) is 2.47. The Morgan fingerprint density at radius 2 is 1.90 bits per heavy atom. The lowest BCUT2D eigenvalue weighted by molar-refractivity contribution is -0.156. The predicted molar refractivity (Wildman–Crippen MR) is 77.7 cm³/mol. The Labute approximate surface area is 122 Å². The lowest BCUT2D eigenvalue weighted by atomic mass is 9.71. The van der Waals surface area contributed by atoms with Crippen molar-refractivity contribution in [2.75, 3.05) is 32.9 Å². The third-order valence-corrected chi connectivity index (χ3v) is 5.71. The quantitative estimate of drug-likeness (QED) is 0.839. The van der Waals surface area contributed by atoms with Crippen LogP contribution in [-0.4, -0.2) is 60.2 Å². The van der Waals surface area contributed by atoms with Crippen molar-refractivity contribution in [2.45, 2.75) is 63.2 Å². The highest BCUT2D eigenvalue weighted by molar-refractivity contribution is 4.99. The fourth-order valence-electron chi connectivity index (χ4n) is 4.19. The number of hydrogen-bond acceptors (Lipinski definition) is 4. The molecule has 116 valence electrons. The molecule has 0 aromatic carbocycles. The fourth-order valence-corrected chi connectivity index (χ4v) is 4.19. The number of ether oxygens (including phenoxy) is 2. The Morgan fingerprint density at radius 1 is 1.15 bits per heavy atom. The highest BCUT2D eigenvalue weighted by Crippen LogP contribution is 2.43. The van der Waals surface area contributed by atoms with Gasteiger partial charge < -0.3 is 19.5 Å². The summed E-state index contributed by atoms with van der Waals surface area (Å²) >= 11 is 0. The summed E-state index contributed by atoms with van der Waals surface area (Å²) in [5.74, 6) is 0.382. The summed E-state index contributed by atoms with van der Waals surface area (Å²) < 4.78 is 11.5. The van der Waals surface area contributed by atoms with Gasteiger partial charge in [-0.1, -0.05) is 0 Å². The molecule has 0 saturated carbocycles. The van der Waals surface area contributed by atoms with E-state index in [1.807, 2.05) is 0 Å². The van der Waals surface area contributed by atoms with Crippen molar-refractivity contribution in [3.8, 4) is 0 Å². The molecule has 0 aliphatic carbocycles. The maximum Gasteiger partial charge on any atom is 0.0940 e. The van der Waals surface area contributed by atoms with Crippen molar-refractivity contribution >= 4 is 0 Å². The van der Waals surface area contributed by atoms with Crippen LogP contribution in [0, 0.1) is 5.92 Å². The Hall–Kier alpha value is -0.160. The molecule has 3 rings (SSSR count). The van der Waals surface area contributed by atoms with Crippen LogP contribution in [0.25, 0.3) is 0 Å². The summed E-state index contributed by atoms with van der Waals surface area (Å²) in [5.41, 5.74) is -0.571. The molecule has 4 heteroatoms. The van der Waals surface area contributed by atoms with Gasteiger partial charge in [-0.25, -0.2) is 0 Å². The van der Waals surface area contributed by atoms with Crippen molar-refractivity contribution in [1.29, 1.82) is 0 Å². The third kappa shape index (κ3) is 2.76. The van der Waals surface area contributed by atoms with Crippen molar-refractivity contribution in [1.82, 2.24) is 4.90 Å². The summed E-state index contributed by atoms with van der Waals surface area (Å²) in [7, 11) is 0. The molecule has 0 amide bonds. The van der Waals surface area contributed by atoms with Crippen molar-refractivity contribution < 1.29 is 14.6 Å². The van der Waals surface area contributed by atoms with Gasteiger partial charge in [-0.3, -0.25) is 0 Å². The van der Waals surface area contributed by atoms with Crippen LogP contribution in [0.1, 0.15) is 46.0 Å². The molecule has 1 spiro atoms. The molecule has 2 unspecified atom stereocenters. The zero-order chi connectivity index (χ0) is 14.2. The van der Waals surface area contributed by atoms with Crippen LogP contribution in [0.3, 0.4) is 0 Å². The standard InChI is InChI=1S/C16H29NO3/c1-13(2)17-7-4-16(18,5-8-17)14-3-9-20-15(11-14)6-10-19-12-15/h13-14,18H,3-12H2,1-2H3. The molecular formula is C16H29NO3. The molecule has 1 N–H and O–H groups in total. The zero-order valence-corrected chi connectivity index (χ0v) is 12.9. The van der Waals surface area contributed by atoms with E-state index in [1.165, 1.54) is 0 Å². The van der Waals surface area contributed by atoms with E-state index in [1.54, 1.807) is 0 Å². The molecule has 0 radical (unpaired) electrons. The summed E-state index contributed by atoms with van der Waals surface area (Å²) in [6, 6.07) is 0.587. The molecule has 4 nitrogen and oxygen atoms in total. The molecule has 3 aliphatic heterocycles. The van der Waals surface area contributed by atoms with Gasteiger partial charge in [0, 0.05) is 38.8 Å². The first-order chi connectivity index (χ1) is 9.53. The average molecular weight is 283 g/mol. The van der Waals surface area contributed by atoms with Crippen LogP contribution in [0.4, 0.5) is 0 Å². The van der Waals surface area contributed by atoms with E-state index in [0.29, 0.717) is 12.0 Å². The molecule has 3 fully saturated rings. The van der Waals surface area contributed by atoms with E-state index in [4.69, 9.17) is 9.47 Å². The van der Waals surface area contributed by atoms with Gasteiger partial charge in [0.05, 0.1) is 17.8 Å². The van der Waals surface area contributed by atoms with Crippen LogP contribution in [-0.2, 0) is 9.47 Å². The van der Waals surface area contributed by atoms with E-state index in [-0.39, 0.29) is 5.60 Å². The van der Waals surface area contributed by atoms with Crippen LogP contribution >= 0.6 is 0 Å². The van der Waals surface area contributed by atoms with Crippen LogP contribution in [0.5, 0.6) is 0 Å². The minimum atomic E-state index is -0.481. The molecule has 20 heavy (non-hydrogen) atoms. The van der Waals surface area contributed by atoms with Crippen molar-refractivity contribution in [3.63, 3.8) is 0 Å². The first-order valence-electron chi connectivity index (χ1n) is 8.21. The lowest BCUT2D eigenvalue weighted by Crippen LogP contribution is -2.54. The number of likely N-dealkylation sites (tertiary alicyclic amines) is 1. The van der Waals surface area contributed by atoms with Crippen molar-refractivity contribution in [3.05, 3.63) is 0 Å². The van der Waals surface area contributed by atoms with Crippen LogP contribution < -0.4 is 0 Å².